The second kappa shape index (κ2) is 6.88. The molecule has 0 heteroatoms. The van der Waals surface area contributed by atoms with Gasteiger partial charge in [0.1, 0.15) is 0 Å². The molecule has 0 heterocycles. The molecule has 2 aromatic carbocycles. The molecule has 0 unspecified atom stereocenters. The predicted molar refractivity (Wildman–Crippen MR) is 111 cm³/mol. The quantitative estimate of drug-likeness (QED) is 0.536. The van der Waals surface area contributed by atoms with Gasteiger partial charge in [-0.05, 0) is 73.2 Å². The van der Waals surface area contributed by atoms with Crippen molar-refractivity contribution < 1.29 is 0 Å². The van der Waals surface area contributed by atoms with Crippen LogP contribution >= 0.6 is 0 Å². The molecular formula is C24H26. The van der Waals surface area contributed by atoms with Gasteiger partial charge in [-0.25, -0.2) is 0 Å². The zero-order valence-electron chi connectivity index (χ0n) is 15.3. The molecule has 0 bridgehead atoms. The van der Waals surface area contributed by atoms with Crippen molar-refractivity contribution in [3.8, 4) is 11.1 Å². The minimum atomic E-state index is 1.05. The van der Waals surface area contributed by atoms with Gasteiger partial charge >= 0.3 is 0 Å². The van der Waals surface area contributed by atoms with Crippen molar-refractivity contribution in [1.82, 2.24) is 0 Å². The fourth-order valence-electron chi connectivity index (χ4n) is 2.90. The van der Waals surface area contributed by atoms with E-state index in [2.05, 4.69) is 62.7 Å². The fourth-order valence-corrected chi connectivity index (χ4v) is 2.90. The van der Waals surface area contributed by atoms with Crippen molar-refractivity contribution in [2.24, 2.45) is 0 Å². The van der Waals surface area contributed by atoms with Gasteiger partial charge in [-0.2, -0.15) is 0 Å². The zero-order chi connectivity index (χ0) is 18.0. The molecule has 0 aliphatic carbocycles. The largest absolute Gasteiger partial charge is 0.0955 e. The lowest BCUT2D eigenvalue weighted by Crippen LogP contribution is -1.93. The molecule has 0 atom stereocenters. The minimum absolute atomic E-state index is 1.05. The Balaban J connectivity index is 2.64. The van der Waals surface area contributed by atoms with Crippen LogP contribution in [0.3, 0.4) is 0 Å². The molecule has 0 N–H and O–H groups in total. The Labute approximate surface area is 146 Å². The molecule has 0 spiro atoms. The summed E-state index contributed by atoms with van der Waals surface area (Å²) in [5.74, 6) is 0. The lowest BCUT2D eigenvalue weighted by atomic mass is 9.90. The van der Waals surface area contributed by atoms with Gasteiger partial charge in [-0.3, -0.25) is 0 Å². The first kappa shape index (κ1) is 17.7. The smallest absolute Gasteiger partial charge is 0.0152 e. The van der Waals surface area contributed by atoms with Crippen molar-refractivity contribution in [2.45, 2.75) is 27.7 Å². The second-order valence-corrected chi connectivity index (χ2v) is 6.64. The van der Waals surface area contributed by atoms with E-state index in [-0.39, 0.29) is 0 Å². The maximum absolute atomic E-state index is 4.12. The Morgan fingerprint density at radius 1 is 0.500 bits per heavy atom. The Hall–Kier alpha value is -2.60. The van der Waals surface area contributed by atoms with E-state index in [4.69, 9.17) is 0 Å². The average Bonchev–Trinajstić information content (AvgIpc) is 2.53. The first-order valence-corrected chi connectivity index (χ1v) is 8.14. The third kappa shape index (κ3) is 3.49. The molecule has 2 aromatic rings. The van der Waals surface area contributed by atoms with Crippen molar-refractivity contribution in [2.75, 3.05) is 0 Å². The molecule has 0 nitrogen and oxygen atoms in total. The lowest BCUT2D eigenvalue weighted by Gasteiger charge is -2.15. The van der Waals surface area contributed by atoms with Crippen LogP contribution in [0, 0.1) is 0 Å². The molecule has 2 rings (SSSR count). The van der Waals surface area contributed by atoms with Crippen LogP contribution in [0.1, 0.15) is 49.9 Å². The summed E-state index contributed by atoms with van der Waals surface area (Å²) >= 11 is 0. The van der Waals surface area contributed by atoms with Crippen LogP contribution in [0.25, 0.3) is 33.4 Å². The molecule has 0 saturated carbocycles. The molecule has 0 aromatic heterocycles. The summed E-state index contributed by atoms with van der Waals surface area (Å²) in [5, 5.41) is 0. The number of hydrogen-bond donors (Lipinski definition) is 0. The van der Waals surface area contributed by atoms with E-state index in [0.717, 1.165) is 44.5 Å². The Bertz CT molecular complexity index is 786. The molecule has 0 radical (unpaired) electrons. The van der Waals surface area contributed by atoms with Gasteiger partial charge in [0.05, 0.1) is 0 Å². The molecule has 24 heavy (non-hydrogen) atoms. The van der Waals surface area contributed by atoms with Gasteiger partial charge in [0.2, 0.25) is 0 Å². The van der Waals surface area contributed by atoms with Crippen molar-refractivity contribution in [3.05, 3.63) is 85.0 Å². The normalized spacial score (nSPS) is 10.3. The Morgan fingerprint density at radius 3 is 1.04 bits per heavy atom. The molecule has 0 amide bonds. The van der Waals surface area contributed by atoms with Crippen molar-refractivity contribution >= 4 is 22.3 Å². The molecular weight excluding hydrogens is 288 g/mol. The van der Waals surface area contributed by atoms with Gasteiger partial charge in [-0.15, -0.1) is 0 Å². The Kier molecular flexibility index (Phi) is 5.09. The van der Waals surface area contributed by atoms with Gasteiger partial charge in [0.15, 0.2) is 0 Å². The van der Waals surface area contributed by atoms with E-state index in [1.54, 1.807) is 0 Å². The standard InChI is InChI=1S/C24H26/c1-15(2)21-11-9-19(13-23(21)17(5)6)20-10-12-22(16(3)4)24(14-20)18(7)8/h9-14H,1,3,5,7H2,2,4,6,8H3. The molecule has 0 saturated heterocycles. The number of benzene rings is 2. The predicted octanol–water partition coefficient (Wildman–Crippen LogP) is 7.49. The first-order valence-electron chi connectivity index (χ1n) is 8.14. The third-order valence-electron chi connectivity index (χ3n) is 4.21. The van der Waals surface area contributed by atoms with E-state index in [1.807, 2.05) is 27.7 Å². The van der Waals surface area contributed by atoms with Crippen molar-refractivity contribution in [3.63, 3.8) is 0 Å². The average molecular weight is 314 g/mol. The highest BCUT2D eigenvalue weighted by molar-refractivity contribution is 5.84. The fraction of sp³-hybridized carbons (Fsp3) is 0.167. The summed E-state index contributed by atoms with van der Waals surface area (Å²) in [6, 6.07) is 13.0. The van der Waals surface area contributed by atoms with Crippen LogP contribution in [0.2, 0.25) is 0 Å². The third-order valence-corrected chi connectivity index (χ3v) is 4.21. The van der Waals surface area contributed by atoms with Crippen LogP contribution < -0.4 is 0 Å². The van der Waals surface area contributed by atoms with E-state index in [9.17, 15) is 0 Å². The van der Waals surface area contributed by atoms with E-state index < -0.39 is 0 Å². The summed E-state index contributed by atoms with van der Waals surface area (Å²) in [6.45, 7) is 24.5. The minimum Gasteiger partial charge on any atom is -0.0955 e. The highest BCUT2D eigenvalue weighted by Gasteiger charge is 2.10. The maximum Gasteiger partial charge on any atom is -0.0152 e. The van der Waals surface area contributed by atoms with Gasteiger partial charge in [0, 0.05) is 0 Å². The van der Waals surface area contributed by atoms with E-state index in [0.29, 0.717) is 0 Å². The zero-order valence-corrected chi connectivity index (χ0v) is 15.3. The van der Waals surface area contributed by atoms with Crippen LogP contribution in [-0.2, 0) is 0 Å². The molecule has 122 valence electrons. The monoisotopic (exact) mass is 314 g/mol. The topological polar surface area (TPSA) is 0 Å². The Morgan fingerprint density at radius 2 is 0.792 bits per heavy atom. The van der Waals surface area contributed by atoms with E-state index >= 15 is 0 Å². The second-order valence-electron chi connectivity index (χ2n) is 6.64. The van der Waals surface area contributed by atoms with Gasteiger partial charge in [0.25, 0.3) is 0 Å². The summed E-state index contributed by atoms with van der Waals surface area (Å²) in [5.41, 5.74) is 11.2. The van der Waals surface area contributed by atoms with E-state index in [1.165, 1.54) is 11.1 Å². The number of allylic oxidation sites excluding steroid dienone is 4. The lowest BCUT2D eigenvalue weighted by molar-refractivity contribution is 1.46. The van der Waals surface area contributed by atoms with Gasteiger partial charge < -0.3 is 0 Å². The van der Waals surface area contributed by atoms with Crippen molar-refractivity contribution in [1.29, 1.82) is 0 Å². The van der Waals surface area contributed by atoms with Crippen LogP contribution in [0.4, 0.5) is 0 Å². The van der Waals surface area contributed by atoms with Crippen LogP contribution in [0.5, 0.6) is 0 Å². The van der Waals surface area contributed by atoms with Crippen LogP contribution in [-0.4, -0.2) is 0 Å². The molecule has 0 fully saturated rings. The molecule has 0 aliphatic rings. The highest BCUT2D eigenvalue weighted by Crippen LogP contribution is 2.32. The first-order chi connectivity index (χ1) is 11.2. The summed E-state index contributed by atoms with van der Waals surface area (Å²) in [7, 11) is 0. The van der Waals surface area contributed by atoms with Gasteiger partial charge in [-0.1, -0.05) is 72.9 Å². The summed E-state index contributed by atoms with van der Waals surface area (Å²) < 4.78 is 0. The van der Waals surface area contributed by atoms with Crippen LogP contribution in [0.15, 0.2) is 62.7 Å². The summed E-state index contributed by atoms with van der Waals surface area (Å²) in [4.78, 5) is 0. The summed E-state index contributed by atoms with van der Waals surface area (Å²) in [6.07, 6.45) is 0. The number of rotatable bonds is 5. The number of hydrogen-bond acceptors (Lipinski definition) is 0. The highest BCUT2D eigenvalue weighted by atomic mass is 14.1. The molecule has 0 aliphatic heterocycles. The SMILES string of the molecule is C=C(C)c1ccc(-c2ccc(C(=C)C)c(C(=C)C)c2)cc1C(=C)C. The maximum atomic E-state index is 4.12.